The van der Waals surface area contributed by atoms with Crippen LogP contribution in [0.1, 0.15) is 38.2 Å². The van der Waals surface area contributed by atoms with Crippen LogP contribution in [-0.4, -0.2) is 64.4 Å². The summed E-state index contributed by atoms with van der Waals surface area (Å²) in [5.74, 6) is 0.189. The first-order valence-electron chi connectivity index (χ1n) is 14.1. The molecule has 226 valence electrons. The van der Waals surface area contributed by atoms with E-state index in [0.717, 1.165) is 18.4 Å². The average Bonchev–Trinajstić information content (AvgIpc) is 2.99. The van der Waals surface area contributed by atoms with E-state index >= 15 is 0 Å². The molecule has 1 saturated heterocycles. The molecule has 1 amide bonds. The number of hydrogen-bond donors (Lipinski definition) is 3. The van der Waals surface area contributed by atoms with E-state index in [4.69, 9.17) is 4.74 Å². The molecular weight excluding hydrogens is 575 g/mol. The minimum Gasteiger partial charge on any atom is -0.465 e. The Bertz CT molecular complexity index is 1750. The Labute approximate surface area is 249 Å². The minimum absolute atomic E-state index is 0.111. The van der Waals surface area contributed by atoms with Gasteiger partial charge in [-0.2, -0.15) is 0 Å². The molecule has 1 unspecified atom stereocenters. The van der Waals surface area contributed by atoms with Gasteiger partial charge in [0.05, 0.1) is 22.7 Å². The number of nitrogens with one attached hydrogen (secondary N) is 2. The van der Waals surface area contributed by atoms with E-state index in [1.165, 1.54) is 11.0 Å². The highest BCUT2D eigenvalue weighted by Crippen LogP contribution is 2.39. The van der Waals surface area contributed by atoms with Crippen molar-refractivity contribution in [1.29, 1.82) is 0 Å². The Morgan fingerprint density at radius 3 is 2.74 bits per heavy atom. The zero-order chi connectivity index (χ0) is 30.6. The number of nitrogens with zero attached hydrogens (tertiary/aromatic N) is 4. The Hall–Kier alpha value is -4.52. The third kappa shape index (κ3) is 6.94. The Kier molecular flexibility index (Phi) is 8.90. The van der Waals surface area contributed by atoms with Gasteiger partial charge in [-0.3, -0.25) is 4.72 Å². The van der Waals surface area contributed by atoms with Crippen LogP contribution in [0, 0.1) is 12.7 Å². The highest BCUT2D eigenvalue weighted by molar-refractivity contribution is 7.92. The van der Waals surface area contributed by atoms with Gasteiger partial charge in [-0.05, 0) is 62.1 Å². The lowest BCUT2D eigenvalue weighted by molar-refractivity contribution is 0.132. The van der Waals surface area contributed by atoms with Crippen molar-refractivity contribution in [3.8, 4) is 22.9 Å². The van der Waals surface area contributed by atoms with E-state index in [2.05, 4.69) is 25.0 Å². The smallest absolute Gasteiger partial charge is 0.407 e. The molecule has 1 atom stereocenters. The predicted molar refractivity (Wildman–Crippen MR) is 163 cm³/mol. The van der Waals surface area contributed by atoms with Crippen LogP contribution in [-0.2, 0) is 10.0 Å². The number of sulfonamides is 1. The summed E-state index contributed by atoms with van der Waals surface area (Å²) in [7, 11) is -3.75. The topological polar surface area (TPSA) is 147 Å². The van der Waals surface area contributed by atoms with E-state index in [0.29, 0.717) is 59.7 Å². The Balaban J connectivity index is 1.46. The van der Waals surface area contributed by atoms with Crippen molar-refractivity contribution < 1.29 is 27.4 Å². The lowest BCUT2D eigenvalue weighted by Gasteiger charge is -2.31. The maximum Gasteiger partial charge on any atom is 0.407 e. The number of anilines is 2. The fraction of sp³-hybridized carbons (Fsp3) is 0.333. The van der Waals surface area contributed by atoms with E-state index in [1.807, 2.05) is 13.8 Å². The molecular formula is C30H33FN6O5S. The molecule has 3 N–H and O–H groups in total. The van der Waals surface area contributed by atoms with Crippen LogP contribution in [0.2, 0.25) is 0 Å². The number of hydrogen-bond acceptors (Lipinski definition) is 8. The number of aryl methyl sites for hydroxylation is 1. The van der Waals surface area contributed by atoms with Crippen molar-refractivity contribution in [1.82, 2.24) is 19.9 Å². The van der Waals surface area contributed by atoms with Gasteiger partial charge in [0, 0.05) is 42.3 Å². The molecule has 0 saturated carbocycles. The second-order valence-corrected chi connectivity index (χ2v) is 12.3. The number of unbranched alkanes of at least 4 members (excludes halogenated alkanes) is 1. The van der Waals surface area contributed by atoms with Crippen LogP contribution in [0.5, 0.6) is 11.6 Å². The largest absolute Gasteiger partial charge is 0.465 e. The van der Waals surface area contributed by atoms with Crippen molar-refractivity contribution in [2.75, 3.05) is 28.9 Å². The number of carboxylic acid groups (broad SMARTS) is 1. The van der Waals surface area contributed by atoms with Gasteiger partial charge >= 0.3 is 6.09 Å². The van der Waals surface area contributed by atoms with E-state index in [1.54, 1.807) is 48.8 Å². The van der Waals surface area contributed by atoms with Gasteiger partial charge in [-0.15, -0.1) is 0 Å². The maximum atomic E-state index is 15.0. The lowest BCUT2D eigenvalue weighted by Crippen LogP contribution is -2.44. The number of carbonyl (C=O) groups is 1. The number of likely N-dealkylation sites (tertiary alicyclic amines) is 1. The second kappa shape index (κ2) is 12.8. The summed E-state index contributed by atoms with van der Waals surface area (Å²) < 4.78 is 49.0. The van der Waals surface area contributed by atoms with Gasteiger partial charge in [-0.25, -0.2) is 32.6 Å². The molecule has 4 aromatic rings. The summed E-state index contributed by atoms with van der Waals surface area (Å²) in [4.78, 5) is 26.2. The number of piperidine rings is 1. The number of benzene rings is 2. The molecule has 0 bridgehead atoms. The highest BCUT2D eigenvalue weighted by Gasteiger charge is 2.24. The molecule has 11 nitrogen and oxygen atoms in total. The number of pyridine rings is 1. The first kappa shape index (κ1) is 30.0. The summed E-state index contributed by atoms with van der Waals surface area (Å²) in [6.07, 6.45) is 4.90. The molecule has 1 aliphatic heterocycles. The third-order valence-corrected chi connectivity index (χ3v) is 8.59. The molecule has 0 aliphatic carbocycles. The molecule has 0 spiro atoms. The monoisotopic (exact) mass is 608 g/mol. The molecule has 13 heteroatoms. The van der Waals surface area contributed by atoms with Crippen molar-refractivity contribution in [3.63, 3.8) is 0 Å². The Morgan fingerprint density at radius 1 is 1.14 bits per heavy atom. The molecule has 3 heterocycles. The van der Waals surface area contributed by atoms with Crippen molar-refractivity contribution in [2.45, 2.75) is 45.6 Å². The third-order valence-electron chi connectivity index (χ3n) is 7.25. The lowest BCUT2D eigenvalue weighted by atomic mass is 10.0. The first-order valence-corrected chi connectivity index (χ1v) is 15.7. The SMILES string of the molecule is CCCCS(=O)(=O)Nc1c(F)ccc2c(Oc3ncccc3-c3ccnc(NC4CCCN(C(=O)O)C4)n3)c(C)ccc12. The summed E-state index contributed by atoms with van der Waals surface area (Å²) in [6.45, 7) is 4.55. The molecule has 1 aliphatic rings. The van der Waals surface area contributed by atoms with E-state index in [-0.39, 0.29) is 23.4 Å². The van der Waals surface area contributed by atoms with Crippen molar-refractivity contribution in [2.24, 2.45) is 0 Å². The summed E-state index contributed by atoms with van der Waals surface area (Å²) >= 11 is 0. The van der Waals surface area contributed by atoms with Gasteiger partial charge < -0.3 is 20.1 Å². The van der Waals surface area contributed by atoms with Crippen LogP contribution >= 0.6 is 0 Å². The maximum absolute atomic E-state index is 15.0. The number of rotatable bonds is 10. The van der Waals surface area contributed by atoms with Gasteiger partial charge in [0.1, 0.15) is 11.6 Å². The van der Waals surface area contributed by atoms with Crippen LogP contribution in [0.4, 0.5) is 20.8 Å². The van der Waals surface area contributed by atoms with Crippen LogP contribution in [0.25, 0.3) is 22.0 Å². The molecule has 43 heavy (non-hydrogen) atoms. The number of amides is 1. The van der Waals surface area contributed by atoms with Gasteiger partial charge in [-0.1, -0.05) is 25.5 Å². The van der Waals surface area contributed by atoms with Gasteiger partial charge in [0.25, 0.3) is 0 Å². The zero-order valence-electron chi connectivity index (χ0n) is 23.9. The van der Waals surface area contributed by atoms with Gasteiger partial charge in [0.2, 0.25) is 21.9 Å². The molecule has 2 aromatic heterocycles. The summed E-state index contributed by atoms with van der Waals surface area (Å²) in [5, 5.41) is 13.5. The molecule has 1 fully saturated rings. The van der Waals surface area contributed by atoms with Crippen LogP contribution in [0.3, 0.4) is 0 Å². The molecule has 2 aromatic carbocycles. The van der Waals surface area contributed by atoms with E-state index in [9.17, 15) is 22.7 Å². The fourth-order valence-corrected chi connectivity index (χ4v) is 6.32. The van der Waals surface area contributed by atoms with Gasteiger partial charge in [0.15, 0.2) is 0 Å². The van der Waals surface area contributed by atoms with Crippen LogP contribution in [0.15, 0.2) is 54.9 Å². The van der Waals surface area contributed by atoms with Crippen molar-refractivity contribution in [3.05, 3.63) is 66.2 Å². The number of ether oxygens (including phenoxy) is 1. The molecule has 0 radical (unpaired) electrons. The average molecular weight is 609 g/mol. The van der Waals surface area contributed by atoms with E-state index < -0.39 is 21.9 Å². The number of aromatic nitrogens is 3. The zero-order valence-corrected chi connectivity index (χ0v) is 24.7. The fourth-order valence-electron chi connectivity index (χ4n) is 5.03. The minimum atomic E-state index is -3.75. The standard InChI is InChI=1S/C30H33FN6O5S/c1-3-4-17-43(40,41)36-26-21-10-9-19(2)27(22(21)11-12-24(26)31)42-28-23(8-5-14-32-28)25-13-15-33-29(35-25)34-20-7-6-16-37(18-20)30(38)39/h5,8-15,20,36H,3-4,6-7,16-18H2,1-2H3,(H,38,39)(H,33,34,35). The predicted octanol–water partition coefficient (Wildman–Crippen LogP) is 6.03. The second-order valence-electron chi connectivity index (χ2n) is 10.4. The molecule has 5 rings (SSSR count). The van der Waals surface area contributed by atoms with Crippen LogP contribution < -0.4 is 14.8 Å². The Morgan fingerprint density at radius 2 is 1.95 bits per heavy atom. The van der Waals surface area contributed by atoms with Crippen molar-refractivity contribution >= 4 is 38.5 Å². The summed E-state index contributed by atoms with van der Waals surface area (Å²) in [6, 6.07) is 11.3. The number of fused-ring (bicyclic) bond motifs is 1. The normalized spacial score (nSPS) is 15.3. The number of halogens is 1. The summed E-state index contributed by atoms with van der Waals surface area (Å²) in [5.41, 5.74) is 1.71. The highest BCUT2D eigenvalue weighted by atomic mass is 32.2. The quantitative estimate of drug-likeness (QED) is 0.196. The first-order chi connectivity index (χ1) is 20.6.